The van der Waals surface area contributed by atoms with Crippen LogP contribution in [0.3, 0.4) is 0 Å². The third-order valence-corrected chi connectivity index (χ3v) is 6.30. The molecule has 36 heavy (non-hydrogen) atoms. The second-order valence-corrected chi connectivity index (χ2v) is 8.87. The number of amides is 1. The topological polar surface area (TPSA) is 103 Å². The first-order valence-electron chi connectivity index (χ1n) is 11.8. The van der Waals surface area contributed by atoms with Crippen molar-refractivity contribution in [3.8, 4) is 11.5 Å². The highest BCUT2D eigenvalue weighted by Gasteiger charge is 2.51. The molecule has 0 radical (unpaired) electrons. The van der Waals surface area contributed by atoms with Gasteiger partial charge in [-0.1, -0.05) is 24.3 Å². The Kier molecular flexibility index (Phi) is 8.35. The van der Waals surface area contributed by atoms with Crippen LogP contribution >= 0.6 is 0 Å². The number of quaternary nitrogens is 1. The zero-order chi connectivity index (χ0) is 25.7. The van der Waals surface area contributed by atoms with Crippen LogP contribution in [-0.2, 0) is 27.4 Å². The van der Waals surface area contributed by atoms with E-state index in [1.54, 1.807) is 24.6 Å². The molecular formula is C25H30F3N2O6+. The summed E-state index contributed by atoms with van der Waals surface area (Å²) in [4.78, 5) is 12.3. The van der Waals surface area contributed by atoms with Crippen LogP contribution in [0.4, 0.5) is 13.2 Å². The number of aliphatic hydroxyl groups is 1. The van der Waals surface area contributed by atoms with Gasteiger partial charge in [0.2, 0.25) is 5.91 Å². The number of nitrogens with two attached hydrogens (primary N) is 1. The average Bonchev–Trinajstić information content (AvgIpc) is 3.36. The molecule has 4 N–H and O–H groups in total. The zero-order valence-corrected chi connectivity index (χ0v) is 19.7. The minimum absolute atomic E-state index is 0.157. The lowest BCUT2D eigenvalue weighted by atomic mass is 10.1. The van der Waals surface area contributed by atoms with Crippen LogP contribution in [0.1, 0.15) is 24.0 Å². The molecule has 2 aliphatic heterocycles. The van der Waals surface area contributed by atoms with E-state index in [1.165, 1.54) is 12.1 Å². The second kappa shape index (κ2) is 11.5. The molecule has 2 aromatic rings. The van der Waals surface area contributed by atoms with Crippen molar-refractivity contribution in [2.24, 2.45) is 0 Å². The van der Waals surface area contributed by atoms with E-state index < -0.39 is 24.7 Å². The minimum Gasteiger partial charge on any atom is -0.497 e. The summed E-state index contributed by atoms with van der Waals surface area (Å²) in [5.74, 6) is 0.336. The van der Waals surface area contributed by atoms with E-state index in [2.05, 4.69) is 10.1 Å². The molecule has 0 saturated carbocycles. The van der Waals surface area contributed by atoms with Gasteiger partial charge >= 0.3 is 6.36 Å². The lowest BCUT2D eigenvalue weighted by Crippen LogP contribution is -2.85. The number of hydrogen-bond acceptors (Lipinski definition) is 6. The first-order valence-corrected chi connectivity index (χ1v) is 11.8. The van der Waals surface area contributed by atoms with Gasteiger partial charge in [-0.2, -0.15) is 0 Å². The van der Waals surface area contributed by atoms with Gasteiger partial charge in [0, 0.05) is 18.5 Å². The second-order valence-electron chi connectivity index (χ2n) is 8.87. The van der Waals surface area contributed by atoms with Gasteiger partial charge in [-0.15, -0.1) is 13.2 Å². The first-order chi connectivity index (χ1) is 17.2. The lowest BCUT2D eigenvalue weighted by Gasteiger charge is -2.19. The molecule has 11 heteroatoms. The van der Waals surface area contributed by atoms with Crippen molar-refractivity contribution in [3.63, 3.8) is 0 Å². The van der Waals surface area contributed by atoms with Crippen molar-refractivity contribution in [2.45, 2.75) is 62.8 Å². The number of rotatable bonds is 10. The Morgan fingerprint density at radius 3 is 2.61 bits per heavy atom. The molecule has 8 nitrogen and oxygen atoms in total. The minimum atomic E-state index is -4.77. The molecule has 0 spiro atoms. The van der Waals surface area contributed by atoms with Gasteiger partial charge in [0.05, 0.1) is 25.7 Å². The summed E-state index contributed by atoms with van der Waals surface area (Å²) in [6.45, 7) is 0.952. The summed E-state index contributed by atoms with van der Waals surface area (Å²) in [6, 6.07) is 13.3. The number of para-hydroxylation sites is 1. The predicted molar refractivity (Wildman–Crippen MR) is 121 cm³/mol. The smallest absolute Gasteiger partial charge is 0.497 e. The van der Waals surface area contributed by atoms with Crippen LogP contribution in [-0.4, -0.2) is 61.6 Å². The van der Waals surface area contributed by atoms with Crippen molar-refractivity contribution in [1.29, 1.82) is 0 Å². The van der Waals surface area contributed by atoms with E-state index in [9.17, 15) is 23.1 Å². The number of nitrogens with one attached hydrogen (secondary N) is 1. The summed E-state index contributed by atoms with van der Waals surface area (Å²) in [5.41, 5.74) is 1.33. The summed E-state index contributed by atoms with van der Waals surface area (Å²) >= 11 is 0. The number of halogens is 3. The molecule has 0 bridgehead atoms. The number of methoxy groups -OCH3 is 1. The Hall–Kier alpha value is -2.86. The molecular weight excluding hydrogens is 481 g/mol. The van der Waals surface area contributed by atoms with Gasteiger partial charge < -0.3 is 34.7 Å². The van der Waals surface area contributed by atoms with Crippen LogP contribution in [0.5, 0.6) is 11.5 Å². The number of alkyl halides is 3. The van der Waals surface area contributed by atoms with Crippen molar-refractivity contribution < 1.29 is 47.3 Å². The summed E-state index contributed by atoms with van der Waals surface area (Å²) in [6.07, 6.45) is -6.77. The summed E-state index contributed by atoms with van der Waals surface area (Å²) < 4.78 is 58.8. The lowest BCUT2D eigenvalue weighted by molar-refractivity contribution is -0.677. The predicted octanol–water partition coefficient (Wildman–Crippen LogP) is 1.65. The molecule has 1 amide bonds. The molecule has 196 valence electrons. The maximum Gasteiger partial charge on any atom is 0.573 e. The fourth-order valence-electron chi connectivity index (χ4n) is 4.56. The van der Waals surface area contributed by atoms with Gasteiger partial charge in [-0.3, -0.25) is 4.79 Å². The molecule has 0 aromatic heterocycles. The zero-order valence-electron chi connectivity index (χ0n) is 19.7. The number of carbonyl (C=O) groups is 1. The fraction of sp³-hybridized carbons (Fsp3) is 0.480. The molecule has 2 aliphatic rings. The van der Waals surface area contributed by atoms with Gasteiger partial charge in [0.25, 0.3) is 0 Å². The monoisotopic (exact) mass is 511 g/mol. The van der Waals surface area contributed by atoms with Crippen molar-refractivity contribution in [2.75, 3.05) is 13.7 Å². The molecule has 2 fully saturated rings. The number of benzene rings is 2. The van der Waals surface area contributed by atoms with Crippen LogP contribution in [0.15, 0.2) is 48.5 Å². The molecule has 0 aliphatic carbocycles. The third kappa shape index (κ3) is 6.88. The molecule has 2 saturated heterocycles. The Balaban J connectivity index is 1.19. The molecule has 4 rings (SSSR count). The van der Waals surface area contributed by atoms with Gasteiger partial charge in [0.1, 0.15) is 42.9 Å². The van der Waals surface area contributed by atoms with E-state index in [1.807, 2.05) is 24.3 Å². The Morgan fingerprint density at radius 1 is 1.17 bits per heavy atom. The van der Waals surface area contributed by atoms with Gasteiger partial charge in [-0.25, -0.2) is 0 Å². The third-order valence-electron chi connectivity index (χ3n) is 6.30. The van der Waals surface area contributed by atoms with Crippen molar-refractivity contribution >= 4 is 5.91 Å². The van der Waals surface area contributed by atoms with Crippen LogP contribution in [0.25, 0.3) is 0 Å². The Morgan fingerprint density at radius 2 is 1.92 bits per heavy atom. The quantitative estimate of drug-likeness (QED) is 0.449. The van der Waals surface area contributed by atoms with E-state index in [4.69, 9.17) is 14.2 Å². The molecule has 5 atom stereocenters. The fourth-order valence-corrected chi connectivity index (χ4v) is 4.56. The highest BCUT2D eigenvalue weighted by molar-refractivity contribution is 5.76. The van der Waals surface area contributed by atoms with E-state index >= 15 is 0 Å². The number of aliphatic hydroxyl groups excluding tert-OH is 1. The number of hydrogen-bond donors (Lipinski definition) is 3. The number of fused-ring (bicyclic) bond motifs is 1. The molecule has 2 unspecified atom stereocenters. The highest BCUT2D eigenvalue weighted by Crippen LogP contribution is 2.35. The number of ether oxygens (including phenoxy) is 4. The van der Waals surface area contributed by atoms with E-state index in [-0.39, 0.29) is 36.8 Å². The summed E-state index contributed by atoms with van der Waals surface area (Å²) in [7, 11) is 1.59. The Labute approximate surface area is 206 Å². The normalized spacial score (nSPS) is 25.4. The molecule has 2 aromatic carbocycles. The standard InChI is InChI=1S/C25H29F3N2O6/c1-33-17-8-6-15(7-9-17)12-30-22(31)11-18-10-20-24(34-18)23(32)21(35-20)14-29-13-16-4-2-3-5-19(16)36-25(26,27)28/h2-9,18,20-21,23-24,29,32H,10-14H2,1H3,(H,30,31)/p+1/t18-,20?,21+,23+,24?/m0/s1. The van der Waals surface area contributed by atoms with Crippen molar-refractivity contribution in [3.05, 3.63) is 59.7 Å². The Bertz CT molecular complexity index is 1020. The first kappa shape index (κ1) is 26.2. The maximum absolute atomic E-state index is 12.6. The van der Waals surface area contributed by atoms with Crippen molar-refractivity contribution in [1.82, 2.24) is 5.32 Å². The van der Waals surface area contributed by atoms with E-state index in [0.717, 1.165) is 11.3 Å². The summed E-state index contributed by atoms with van der Waals surface area (Å²) in [5, 5.41) is 15.3. The SMILES string of the molecule is COc1ccc(CNC(=O)C[C@@H]2CC3O[C@H](C[NH2+]Cc4ccccc4OC(F)(F)F)[C@@H](O)C3O2)cc1. The maximum atomic E-state index is 12.6. The van der Waals surface area contributed by atoms with Gasteiger partial charge in [0.15, 0.2) is 0 Å². The van der Waals surface area contributed by atoms with Crippen LogP contribution in [0, 0.1) is 0 Å². The molecule has 2 heterocycles. The van der Waals surface area contributed by atoms with Gasteiger partial charge in [-0.05, 0) is 29.8 Å². The number of carbonyl (C=O) groups excluding carboxylic acids is 1. The van der Waals surface area contributed by atoms with E-state index in [0.29, 0.717) is 25.1 Å². The van der Waals surface area contributed by atoms with Crippen LogP contribution in [0.2, 0.25) is 0 Å². The van der Waals surface area contributed by atoms with Crippen LogP contribution < -0.4 is 20.1 Å². The average molecular weight is 512 g/mol. The largest absolute Gasteiger partial charge is 0.573 e. The highest BCUT2D eigenvalue weighted by atomic mass is 19.4.